The zero-order valence-corrected chi connectivity index (χ0v) is 12.1. The summed E-state index contributed by atoms with van der Waals surface area (Å²) in [6.45, 7) is 1.36. The Kier molecular flexibility index (Phi) is 9.77. The first-order valence-electron chi connectivity index (χ1n) is 3.66. The molecule has 0 aromatic rings. The van der Waals surface area contributed by atoms with Gasteiger partial charge >= 0.3 is 51.4 Å². The second-order valence-electron chi connectivity index (χ2n) is 2.60. The summed E-state index contributed by atoms with van der Waals surface area (Å²) in [4.78, 5) is 10.1. The Morgan fingerprint density at radius 2 is 2.00 bits per heavy atom. The van der Waals surface area contributed by atoms with Crippen LogP contribution in [-0.2, 0) is 14.9 Å². The van der Waals surface area contributed by atoms with E-state index in [1.54, 1.807) is 0 Å². The van der Waals surface area contributed by atoms with E-state index in [1.807, 2.05) is 0 Å². The molecule has 14 heavy (non-hydrogen) atoms. The van der Waals surface area contributed by atoms with E-state index in [4.69, 9.17) is 4.55 Å². The number of hydrogen-bond acceptors (Lipinski definition) is 4. The van der Waals surface area contributed by atoms with Crippen molar-refractivity contribution in [3.63, 3.8) is 0 Å². The van der Waals surface area contributed by atoms with Crippen LogP contribution in [-0.4, -0.2) is 24.7 Å². The summed E-state index contributed by atoms with van der Waals surface area (Å²) in [5, 5.41) is 10.1. The Bertz CT molecular complexity index is 306. The van der Waals surface area contributed by atoms with E-state index in [2.05, 4.69) is 0 Å². The molecule has 76 valence electrons. The molecule has 0 saturated heterocycles. The molecular weight excluding hydrogens is 235 g/mol. The van der Waals surface area contributed by atoms with Crippen molar-refractivity contribution in [1.82, 2.24) is 0 Å². The average molecular weight is 246 g/mol. The van der Waals surface area contributed by atoms with Gasteiger partial charge in [-0.15, -0.1) is 0 Å². The van der Waals surface area contributed by atoms with Crippen LogP contribution in [0.25, 0.3) is 0 Å². The number of hydrogen-bond donors (Lipinski definition) is 1. The molecule has 0 spiro atoms. The maximum absolute atomic E-state index is 10.2. The van der Waals surface area contributed by atoms with Crippen LogP contribution in [0.2, 0.25) is 0 Å². The normalized spacial score (nSPS) is 12.0. The van der Waals surface area contributed by atoms with Crippen LogP contribution in [0.15, 0.2) is 11.6 Å². The van der Waals surface area contributed by atoms with Crippen LogP contribution in [0.4, 0.5) is 0 Å². The first kappa shape index (κ1) is 17.2. The summed E-state index contributed by atoms with van der Waals surface area (Å²) in [5.41, 5.74) is 0.0651. The minimum atomic E-state index is -3.93. The Morgan fingerprint density at radius 1 is 1.50 bits per heavy atom. The van der Waals surface area contributed by atoms with Gasteiger partial charge in [-0.3, -0.25) is 4.55 Å². The summed E-state index contributed by atoms with van der Waals surface area (Å²) in [7, 11) is -3.93. The Balaban J connectivity index is 0. The number of carbonyl (C=O) groups excluding carboxylic acids is 1. The molecule has 0 aromatic heterocycles. The van der Waals surface area contributed by atoms with Crippen molar-refractivity contribution >= 4 is 16.1 Å². The molecular formula is C7H11KO5S. The van der Waals surface area contributed by atoms with Gasteiger partial charge in [-0.1, -0.05) is 6.08 Å². The molecule has 0 bridgehead atoms. The van der Waals surface area contributed by atoms with E-state index in [-0.39, 0.29) is 69.1 Å². The molecule has 0 rings (SSSR count). The van der Waals surface area contributed by atoms with Gasteiger partial charge in [0.1, 0.15) is 0 Å². The van der Waals surface area contributed by atoms with Gasteiger partial charge in [0.05, 0.1) is 11.7 Å². The Labute approximate surface area is 126 Å². The summed E-state index contributed by atoms with van der Waals surface area (Å²) < 4.78 is 28.7. The maximum Gasteiger partial charge on any atom is 1.00 e. The van der Waals surface area contributed by atoms with Crippen LogP contribution >= 0.6 is 0 Å². The van der Waals surface area contributed by atoms with Gasteiger partial charge in [0, 0.05) is 0 Å². The third-order valence-corrected chi connectivity index (χ3v) is 2.18. The maximum atomic E-state index is 10.2. The van der Waals surface area contributed by atoms with E-state index in [1.165, 1.54) is 13.0 Å². The molecule has 0 aliphatic rings. The minimum Gasteiger partial charge on any atom is -0.545 e. The van der Waals surface area contributed by atoms with Gasteiger partial charge in [0.2, 0.25) is 0 Å². The van der Waals surface area contributed by atoms with Crippen molar-refractivity contribution in [1.29, 1.82) is 0 Å². The van der Waals surface area contributed by atoms with Gasteiger partial charge < -0.3 is 9.90 Å². The Hall–Kier alpha value is 0.756. The van der Waals surface area contributed by atoms with Crippen molar-refractivity contribution in [3.8, 4) is 0 Å². The van der Waals surface area contributed by atoms with E-state index in [0.29, 0.717) is 6.42 Å². The second-order valence-corrected chi connectivity index (χ2v) is 4.17. The molecule has 5 nitrogen and oxygen atoms in total. The fraction of sp³-hybridized carbons (Fsp3) is 0.571. The first-order chi connectivity index (χ1) is 5.83. The van der Waals surface area contributed by atoms with Crippen LogP contribution in [0, 0.1) is 0 Å². The largest absolute Gasteiger partial charge is 1.00 e. The van der Waals surface area contributed by atoms with Crippen molar-refractivity contribution < 1.29 is 74.3 Å². The molecule has 0 aromatic carbocycles. The summed E-state index contributed by atoms with van der Waals surface area (Å²) in [5.74, 6) is -1.63. The molecule has 0 heterocycles. The number of carboxylic acid groups (broad SMARTS) is 1. The number of unbranched alkanes of at least 4 members (excludes halogenated alkanes) is 1. The molecule has 0 aliphatic heterocycles. The third kappa shape index (κ3) is 10.8. The third-order valence-electron chi connectivity index (χ3n) is 1.38. The minimum absolute atomic E-state index is 0. The topological polar surface area (TPSA) is 94.5 Å². The van der Waals surface area contributed by atoms with Gasteiger partial charge in [-0.25, -0.2) is 0 Å². The number of carboxylic acids is 1. The van der Waals surface area contributed by atoms with Crippen molar-refractivity contribution in [2.24, 2.45) is 0 Å². The van der Waals surface area contributed by atoms with E-state index >= 15 is 0 Å². The molecule has 0 atom stereocenters. The van der Waals surface area contributed by atoms with Crippen LogP contribution in [0.5, 0.6) is 0 Å². The SMILES string of the molecule is C/C(=C\CCCS(=O)(=O)O)C(=O)[O-].[K+]. The Morgan fingerprint density at radius 3 is 2.36 bits per heavy atom. The smallest absolute Gasteiger partial charge is 0.545 e. The predicted molar refractivity (Wildman–Crippen MR) is 44.4 cm³/mol. The molecule has 0 fully saturated rings. The van der Waals surface area contributed by atoms with Gasteiger partial charge in [0.25, 0.3) is 10.1 Å². The molecule has 0 aliphatic carbocycles. The van der Waals surface area contributed by atoms with E-state index in [9.17, 15) is 18.3 Å². The van der Waals surface area contributed by atoms with E-state index in [0.717, 1.165) is 0 Å². The predicted octanol–water partition coefficient (Wildman–Crippen LogP) is -3.65. The summed E-state index contributed by atoms with van der Waals surface area (Å²) in [6, 6.07) is 0. The van der Waals surface area contributed by atoms with Crippen molar-refractivity contribution in [2.75, 3.05) is 5.75 Å². The van der Waals surface area contributed by atoms with Crippen molar-refractivity contribution in [2.45, 2.75) is 19.8 Å². The first-order valence-corrected chi connectivity index (χ1v) is 5.27. The number of carbonyl (C=O) groups is 1. The molecule has 0 amide bonds. The molecule has 0 radical (unpaired) electrons. The fourth-order valence-electron chi connectivity index (χ4n) is 0.668. The van der Waals surface area contributed by atoms with Gasteiger partial charge in [-0.05, 0) is 25.3 Å². The molecule has 0 unspecified atom stereocenters. The monoisotopic (exact) mass is 246 g/mol. The quantitative estimate of drug-likeness (QED) is 0.234. The standard InChI is InChI=1S/C7H12O5S.K/c1-6(7(8)9)4-2-3-5-13(10,11)12;/h4H,2-3,5H2,1H3,(H,8,9)(H,10,11,12);/q;+1/p-1/b6-4+;. The van der Waals surface area contributed by atoms with Gasteiger partial charge in [-0.2, -0.15) is 8.42 Å². The molecule has 1 N–H and O–H groups in total. The zero-order chi connectivity index (χ0) is 10.5. The van der Waals surface area contributed by atoms with Gasteiger partial charge in [0.15, 0.2) is 0 Å². The van der Waals surface area contributed by atoms with E-state index < -0.39 is 16.1 Å². The number of rotatable bonds is 5. The molecule has 0 saturated carbocycles. The van der Waals surface area contributed by atoms with Crippen LogP contribution in [0.3, 0.4) is 0 Å². The number of allylic oxidation sites excluding steroid dienone is 1. The van der Waals surface area contributed by atoms with Crippen LogP contribution in [0.1, 0.15) is 19.8 Å². The molecule has 7 heteroatoms. The number of aliphatic carboxylic acids is 1. The van der Waals surface area contributed by atoms with Crippen molar-refractivity contribution in [3.05, 3.63) is 11.6 Å². The van der Waals surface area contributed by atoms with Crippen LogP contribution < -0.4 is 56.5 Å². The summed E-state index contributed by atoms with van der Waals surface area (Å²) in [6.07, 6.45) is 1.85. The summed E-state index contributed by atoms with van der Waals surface area (Å²) >= 11 is 0. The fourth-order valence-corrected chi connectivity index (χ4v) is 1.20. The zero-order valence-electron chi connectivity index (χ0n) is 8.19. The second kappa shape index (κ2) is 7.97. The average Bonchev–Trinajstić information content (AvgIpc) is 1.95.